The third-order valence-corrected chi connectivity index (χ3v) is 3.66. The van der Waals surface area contributed by atoms with E-state index in [1.165, 1.54) is 12.8 Å². The Balaban J connectivity index is 1.97. The second-order valence-corrected chi connectivity index (χ2v) is 5.12. The van der Waals surface area contributed by atoms with Crippen LogP contribution in [-0.2, 0) is 4.74 Å². The Morgan fingerprint density at radius 3 is 2.78 bits per heavy atom. The van der Waals surface area contributed by atoms with E-state index >= 15 is 0 Å². The summed E-state index contributed by atoms with van der Waals surface area (Å²) in [6.45, 7) is 3.87. The second-order valence-electron chi connectivity index (χ2n) is 5.12. The van der Waals surface area contributed by atoms with E-state index in [-0.39, 0.29) is 10.8 Å². The standard InChI is InChI=1S/C15H23NO2/c1-2-3-5-10-15-13-16(17,11-12-18-15)14-8-6-4-7-9-14/h4,6-9,15H,2-3,5,10-13H2,1H3. The second kappa shape index (κ2) is 6.32. The van der Waals surface area contributed by atoms with Crippen molar-refractivity contribution in [2.24, 2.45) is 0 Å². The topological polar surface area (TPSA) is 32.3 Å². The number of hydrogen-bond acceptors (Lipinski definition) is 2. The maximum Gasteiger partial charge on any atom is 0.132 e. The molecule has 3 nitrogen and oxygen atoms in total. The lowest BCUT2D eigenvalue weighted by Crippen LogP contribution is -2.55. The number of benzene rings is 1. The Hall–Kier alpha value is -0.900. The zero-order valence-electron chi connectivity index (χ0n) is 11.2. The first kappa shape index (κ1) is 13.5. The summed E-state index contributed by atoms with van der Waals surface area (Å²) >= 11 is 0. The molecular formula is C15H23NO2. The molecular weight excluding hydrogens is 226 g/mol. The van der Waals surface area contributed by atoms with Crippen molar-refractivity contribution in [1.29, 1.82) is 0 Å². The van der Waals surface area contributed by atoms with Gasteiger partial charge in [-0.2, -0.15) is 0 Å². The number of rotatable bonds is 5. The van der Waals surface area contributed by atoms with Crippen molar-refractivity contribution in [2.75, 3.05) is 19.7 Å². The van der Waals surface area contributed by atoms with Crippen molar-refractivity contribution in [3.05, 3.63) is 35.5 Å². The Kier molecular flexibility index (Phi) is 4.75. The molecule has 0 aromatic heterocycles. The van der Waals surface area contributed by atoms with Crippen LogP contribution in [0.4, 0.5) is 5.69 Å². The maximum atomic E-state index is 12.8. The van der Waals surface area contributed by atoms with Crippen LogP contribution in [0.3, 0.4) is 0 Å². The van der Waals surface area contributed by atoms with Crippen LogP contribution in [0.2, 0.25) is 0 Å². The van der Waals surface area contributed by atoms with Crippen molar-refractivity contribution >= 4 is 5.69 Å². The first-order chi connectivity index (χ1) is 8.74. The van der Waals surface area contributed by atoms with E-state index in [1.807, 2.05) is 30.3 Å². The summed E-state index contributed by atoms with van der Waals surface area (Å²) in [6.07, 6.45) is 4.74. The third-order valence-electron chi connectivity index (χ3n) is 3.66. The van der Waals surface area contributed by atoms with Crippen LogP contribution < -0.4 is 4.65 Å². The van der Waals surface area contributed by atoms with Crippen LogP contribution in [0, 0.1) is 5.21 Å². The molecule has 2 atom stereocenters. The highest BCUT2D eigenvalue weighted by Crippen LogP contribution is 2.26. The molecule has 0 bridgehead atoms. The number of quaternary nitrogens is 1. The molecule has 18 heavy (non-hydrogen) atoms. The van der Waals surface area contributed by atoms with Crippen LogP contribution in [-0.4, -0.2) is 25.8 Å². The minimum absolute atomic E-state index is 0.128. The highest BCUT2D eigenvalue weighted by molar-refractivity contribution is 5.43. The molecule has 0 amide bonds. The number of ether oxygens (including phenoxy) is 1. The van der Waals surface area contributed by atoms with Crippen molar-refractivity contribution in [3.8, 4) is 0 Å². The van der Waals surface area contributed by atoms with Gasteiger partial charge >= 0.3 is 0 Å². The van der Waals surface area contributed by atoms with E-state index in [0.717, 1.165) is 18.5 Å². The predicted molar refractivity (Wildman–Crippen MR) is 75.2 cm³/mol. The molecule has 0 spiro atoms. The van der Waals surface area contributed by atoms with Gasteiger partial charge < -0.3 is 14.6 Å². The van der Waals surface area contributed by atoms with E-state index in [0.29, 0.717) is 19.7 Å². The van der Waals surface area contributed by atoms with Gasteiger partial charge in [-0.05, 0) is 18.6 Å². The molecule has 3 heteroatoms. The Morgan fingerprint density at radius 1 is 1.28 bits per heavy atom. The molecule has 2 rings (SSSR count). The van der Waals surface area contributed by atoms with Gasteiger partial charge in [0.1, 0.15) is 24.9 Å². The zero-order valence-corrected chi connectivity index (χ0v) is 11.2. The van der Waals surface area contributed by atoms with Gasteiger partial charge in [-0.3, -0.25) is 0 Å². The van der Waals surface area contributed by atoms with Gasteiger partial charge in [0, 0.05) is 0 Å². The molecule has 0 N–H and O–H groups in total. The van der Waals surface area contributed by atoms with Gasteiger partial charge in [-0.25, -0.2) is 0 Å². The summed E-state index contributed by atoms with van der Waals surface area (Å²) in [4.78, 5) is 0. The van der Waals surface area contributed by atoms with Gasteiger partial charge in [0.05, 0.1) is 6.61 Å². The first-order valence-electron chi connectivity index (χ1n) is 7.00. The number of para-hydroxylation sites is 1. The van der Waals surface area contributed by atoms with Gasteiger partial charge in [0.15, 0.2) is 0 Å². The minimum Gasteiger partial charge on any atom is -0.627 e. The summed E-state index contributed by atoms with van der Waals surface area (Å²) in [6, 6.07) is 9.70. The highest BCUT2D eigenvalue weighted by atomic mass is 16.6. The Bertz CT molecular complexity index is 355. The van der Waals surface area contributed by atoms with E-state index in [2.05, 4.69) is 6.92 Å². The number of morpholine rings is 1. The summed E-state index contributed by atoms with van der Waals surface area (Å²) < 4.78 is 5.50. The smallest absolute Gasteiger partial charge is 0.132 e. The average molecular weight is 249 g/mol. The third kappa shape index (κ3) is 3.31. The molecule has 0 saturated carbocycles. The number of unbranched alkanes of at least 4 members (excludes halogenated alkanes) is 2. The van der Waals surface area contributed by atoms with Gasteiger partial charge in [-0.1, -0.05) is 44.4 Å². The summed E-state index contributed by atoms with van der Waals surface area (Å²) in [5.74, 6) is 0. The van der Waals surface area contributed by atoms with Gasteiger partial charge in [0.25, 0.3) is 0 Å². The van der Waals surface area contributed by atoms with Crippen LogP contribution in [0.5, 0.6) is 0 Å². The quantitative estimate of drug-likeness (QED) is 0.454. The fourth-order valence-electron chi connectivity index (χ4n) is 2.57. The van der Waals surface area contributed by atoms with Crippen molar-refractivity contribution in [1.82, 2.24) is 4.65 Å². The monoisotopic (exact) mass is 249 g/mol. The van der Waals surface area contributed by atoms with E-state index in [9.17, 15) is 5.21 Å². The molecule has 1 saturated heterocycles. The maximum absolute atomic E-state index is 12.8. The van der Waals surface area contributed by atoms with E-state index in [4.69, 9.17) is 4.74 Å². The average Bonchev–Trinajstić information content (AvgIpc) is 2.40. The van der Waals surface area contributed by atoms with Gasteiger partial charge in [-0.15, -0.1) is 0 Å². The SMILES string of the molecule is CCCCCC1C[N+]([O-])(c2ccccc2)CCO1. The summed E-state index contributed by atoms with van der Waals surface area (Å²) in [5.41, 5.74) is 0.862. The highest BCUT2D eigenvalue weighted by Gasteiger charge is 2.30. The molecule has 1 aromatic carbocycles. The van der Waals surface area contributed by atoms with Crippen LogP contribution in [0.25, 0.3) is 0 Å². The largest absolute Gasteiger partial charge is 0.627 e. The molecule has 1 aromatic rings. The first-order valence-corrected chi connectivity index (χ1v) is 7.00. The molecule has 1 aliphatic heterocycles. The predicted octanol–water partition coefficient (Wildman–Crippen LogP) is 3.47. The Labute approximate surface area is 110 Å². The molecule has 1 aliphatic rings. The molecule has 0 aliphatic carbocycles. The van der Waals surface area contributed by atoms with Crippen LogP contribution in [0.15, 0.2) is 30.3 Å². The lowest BCUT2D eigenvalue weighted by atomic mass is 10.1. The number of hydroxylamine groups is 2. The fourth-order valence-corrected chi connectivity index (χ4v) is 2.57. The number of nitrogens with zero attached hydrogens (tertiary/aromatic N) is 1. The van der Waals surface area contributed by atoms with Crippen molar-refractivity contribution in [2.45, 2.75) is 38.7 Å². The van der Waals surface area contributed by atoms with Crippen molar-refractivity contribution in [3.63, 3.8) is 0 Å². The summed E-state index contributed by atoms with van der Waals surface area (Å²) in [7, 11) is 0. The fraction of sp³-hybridized carbons (Fsp3) is 0.600. The van der Waals surface area contributed by atoms with Crippen molar-refractivity contribution < 1.29 is 4.74 Å². The van der Waals surface area contributed by atoms with Crippen LogP contribution >= 0.6 is 0 Å². The molecule has 1 fully saturated rings. The van der Waals surface area contributed by atoms with Crippen LogP contribution in [0.1, 0.15) is 32.6 Å². The zero-order chi connectivity index (χ0) is 12.8. The molecule has 100 valence electrons. The normalized spacial score (nSPS) is 28.2. The molecule has 0 radical (unpaired) electrons. The molecule has 1 heterocycles. The van der Waals surface area contributed by atoms with E-state index in [1.54, 1.807) is 0 Å². The van der Waals surface area contributed by atoms with Gasteiger partial charge in [0.2, 0.25) is 0 Å². The molecule has 2 unspecified atom stereocenters. The summed E-state index contributed by atoms with van der Waals surface area (Å²) in [5, 5.41) is 12.8. The number of hydrogen-bond donors (Lipinski definition) is 0. The lowest BCUT2D eigenvalue weighted by Gasteiger charge is -2.47. The minimum atomic E-state index is -0.225. The Morgan fingerprint density at radius 2 is 2.06 bits per heavy atom. The lowest BCUT2D eigenvalue weighted by molar-refractivity contribution is -0.0152. The van der Waals surface area contributed by atoms with E-state index < -0.39 is 0 Å².